The third kappa shape index (κ3) is 5.23. The number of hydrogen-bond donors (Lipinski definition) is 0. The fraction of sp³-hybridized carbons (Fsp3) is 0.261. The maximum absolute atomic E-state index is 12.7. The molecule has 0 aliphatic heterocycles. The molecule has 0 saturated heterocycles. The molecule has 8 nitrogen and oxygen atoms in total. The van der Waals surface area contributed by atoms with Gasteiger partial charge in [0.05, 0.1) is 25.5 Å². The molecule has 168 valence electrons. The second kappa shape index (κ2) is 10.2. The van der Waals surface area contributed by atoms with Crippen molar-refractivity contribution in [1.29, 1.82) is 0 Å². The lowest BCUT2D eigenvalue weighted by atomic mass is 10.2. The summed E-state index contributed by atoms with van der Waals surface area (Å²) in [5.74, 6) is 0.665. The van der Waals surface area contributed by atoms with E-state index in [1.165, 1.54) is 32.0 Å². The van der Waals surface area contributed by atoms with Crippen molar-refractivity contribution in [2.75, 3.05) is 14.2 Å². The van der Waals surface area contributed by atoms with Gasteiger partial charge in [-0.2, -0.15) is 0 Å². The monoisotopic (exact) mass is 458 g/mol. The van der Waals surface area contributed by atoms with E-state index >= 15 is 0 Å². The van der Waals surface area contributed by atoms with Gasteiger partial charge in [0.15, 0.2) is 0 Å². The van der Waals surface area contributed by atoms with Crippen LogP contribution in [-0.2, 0) is 26.6 Å². The average molecular weight is 458 g/mol. The number of furan rings is 2. The number of methoxy groups -OCH3 is 2. The highest BCUT2D eigenvalue weighted by Gasteiger charge is 2.19. The second-order valence-corrected chi connectivity index (χ2v) is 7.73. The van der Waals surface area contributed by atoms with Crippen LogP contribution in [0.1, 0.15) is 54.1 Å². The highest BCUT2D eigenvalue weighted by molar-refractivity contribution is 7.98. The molecule has 9 heteroatoms. The minimum Gasteiger partial charge on any atom is -0.465 e. The maximum Gasteiger partial charge on any atom is 0.341 e. The van der Waals surface area contributed by atoms with Gasteiger partial charge in [-0.25, -0.2) is 14.4 Å². The molecule has 0 amide bonds. The number of aryl methyl sites for hydroxylation is 2. The average Bonchev–Trinajstić information content (AvgIpc) is 3.37. The Morgan fingerprint density at radius 2 is 1.38 bits per heavy atom. The lowest BCUT2D eigenvalue weighted by Gasteiger charge is -2.08. The maximum atomic E-state index is 12.7. The van der Waals surface area contributed by atoms with E-state index in [1.54, 1.807) is 38.1 Å². The Hall–Kier alpha value is -3.46. The van der Waals surface area contributed by atoms with E-state index < -0.39 is 17.9 Å². The molecule has 2 heterocycles. The smallest absolute Gasteiger partial charge is 0.341 e. The summed E-state index contributed by atoms with van der Waals surface area (Å²) in [6.07, 6.45) is 0. The van der Waals surface area contributed by atoms with Crippen LogP contribution in [0.4, 0.5) is 0 Å². The number of rotatable bonds is 8. The van der Waals surface area contributed by atoms with E-state index in [0.29, 0.717) is 44.8 Å². The predicted molar refractivity (Wildman–Crippen MR) is 115 cm³/mol. The molecule has 3 aromatic rings. The summed E-state index contributed by atoms with van der Waals surface area (Å²) in [7, 11) is 2.59. The Morgan fingerprint density at radius 1 is 0.812 bits per heavy atom. The fourth-order valence-electron chi connectivity index (χ4n) is 2.98. The van der Waals surface area contributed by atoms with Crippen LogP contribution >= 0.6 is 11.8 Å². The van der Waals surface area contributed by atoms with Crippen LogP contribution in [0.2, 0.25) is 0 Å². The highest BCUT2D eigenvalue weighted by Crippen LogP contribution is 2.29. The highest BCUT2D eigenvalue weighted by atomic mass is 32.2. The van der Waals surface area contributed by atoms with E-state index in [9.17, 15) is 14.4 Å². The third-order valence-corrected chi connectivity index (χ3v) is 5.67. The molecule has 0 bridgehead atoms. The summed E-state index contributed by atoms with van der Waals surface area (Å²) in [6.45, 7) is 3.19. The van der Waals surface area contributed by atoms with Gasteiger partial charge in [0.1, 0.15) is 40.8 Å². The summed E-state index contributed by atoms with van der Waals surface area (Å²) in [4.78, 5) is 36.8. The quantitative estimate of drug-likeness (QED) is 0.269. The van der Waals surface area contributed by atoms with E-state index in [2.05, 4.69) is 4.74 Å². The summed E-state index contributed by atoms with van der Waals surface area (Å²) in [6, 6.07) is 10.1. The van der Waals surface area contributed by atoms with Gasteiger partial charge in [0, 0.05) is 4.90 Å². The van der Waals surface area contributed by atoms with Gasteiger partial charge < -0.3 is 23.0 Å². The van der Waals surface area contributed by atoms with Crippen molar-refractivity contribution in [2.45, 2.75) is 31.1 Å². The van der Waals surface area contributed by atoms with Crippen LogP contribution in [0.3, 0.4) is 0 Å². The standard InChI is InChI=1S/C23H22O8S/c1-13-18(21(24)27-3)9-15(30-13)11-29-23(26)17-7-5-6-8-20(17)32-12-16-10-19(14(2)31-16)22(25)28-4/h5-10H,11-12H2,1-4H3. The summed E-state index contributed by atoms with van der Waals surface area (Å²) >= 11 is 1.37. The number of benzene rings is 1. The molecular weight excluding hydrogens is 436 g/mol. The number of hydrogen-bond acceptors (Lipinski definition) is 9. The first-order valence-electron chi connectivity index (χ1n) is 9.58. The summed E-state index contributed by atoms with van der Waals surface area (Å²) in [5, 5.41) is 0. The van der Waals surface area contributed by atoms with Crippen molar-refractivity contribution in [3.05, 3.63) is 76.1 Å². The Balaban J connectivity index is 1.66. The Bertz CT molecular complexity index is 1140. The Morgan fingerprint density at radius 3 is 2.00 bits per heavy atom. The van der Waals surface area contributed by atoms with Gasteiger partial charge in [0.25, 0.3) is 0 Å². The van der Waals surface area contributed by atoms with Crippen molar-refractivity contribution in [2.24, 2.45) is 0 Å². The molecule has 0 fully saturated rings. The lowest BCUT2D eigenvalue weighted by Crippen LogP contribution is -2.06. The van der Waals surface area contributed by atoms with E-state index in [-0.39, 0.29) is 12.2 Å². The second-order valence-electron chi connectivity index (χ2n) is 6.71. The van der Waals surface area contributed by atoms with Crippen LogP contribution in [0.15, 0.2) is 50.1 Å². The van der Waals surface area contributed by atoms with Crippen molar-refractivity contribution in [1.82, 2.24) is 0 Å². The molecule has 0 aliphatic rings. The molecule has 0 spiro atoms. The lowest BCUT2D eigenvalue weighted by molar-refractivity contribution is 0.0439. The number of ether oxygens (including phenoxy) is 3. The minimum atomic E-state index is -0.535. The molecular formula is C23H22O8S. The molecule has 0 unspecified atom stereocenters. The number of carbonyl (C=O) groups is 3. The first-order chi connectivity index (χ1) is 15.3. The molecule has 1 aromatic carbocycles. The summed E-state index contributed by atoms with van der Waals surface area (Å²) < 4.78 is 25.9. The van der Waals surface area contributed by atoms with Crippen molar-refractivity contribution >= 4 is 29.7 Å². The van der Waals surface area contributed by atoms with Gasteiger partial charge >= 0.3 is 17.9 Å². The van der Waals surface area contributed by atoms with Crippen LogP contribution in [0.5, 0.6) is 0 Å². The Labute approximate surface area is 188 Å². The molecule has 0 N–H and O–H groups in total. The van der Waals surface area contributed by atoms with Gasteiger partial charge in [0.2, 0.25) is 0 Å². The van der Waals surface area contributed by atoms with Gasteiger partial charge in [-0.3, -0.25) is 0 Å². The normalized spacial score (nSPS) is 10.6. The largest absolute Gasteiger partial charge is 0.465 e. The molecule has 32 heavy (non-hydrogen) atoms. The predicted octanol–water partition coefficient (Wildman–Crippen LogP) is 4.71. The van der Waals surface area contributed by atoms with Crippen molar-refractivity contribution in [3.8, 4) is 0 Å². The van der Waals surface area contributed by atoms with Crippen LogP contribution in [0, 0.1) is 13.8 Å². The van der Waals surface area contributed by atoms with E-state index in [4.69, 9.17) is 18.3 Å². The number of esters is 3. The SMILES string of the molecule is COC(=O)c1cc(COC(=O)c2ccccc2SCc2cc(C(=O)OC)c(C)o2)oc1C. The molecule has 2 aromatic heterocycles. The topological polar surface area (TPSA) is 105 Å². The molecule has 0 aliphatic carbocycles. The van der Waals surface area contributed by atoms with Gasteiger partial charge in [-0.05, 0) is 38.1 Å². The number of carbonyl (C=O) groups excluding carboxylic acids is 3. The van der Waals surface area contributed by atoms with E-state index in [0.717, 1.165) is 0 Å². The van der Waals surface area contributed by atoms with Crippen LogP contribution < -0.4 is 0 Å². The molecule has 0 saturated carbocycles. The van der Waals surface area contributed by atoms with Crippen LogP contribution in [0.25, 0.3) is 0 Å². The zero-order valence-corrected chi connectivity index (χ0v) is 18.9. The van der Waals surface area contributed by atoms with E-state index in [1.807, 2.05) is 6.07 Å². The molecule has 3 rings (SSSR count). The molecule has 0 atom stereocenters. The van der Waals surface area contributed by atoms with Crippen molar-refractivity contribution < 1.29 is 37.4 Å². The summed E-state index contributed by atoms with van der Waals surface area (Å²) in [5.41, 5.74) is 1.04. The van der Waals surface area contributed by atoms with Crippen LogP contribution in [-0.4, -0.2) is 32.1 Å². The zero-order valence-electron chi connectivity index (χ0n) is 18.1. The first-order valence-corrected chi connectivity index (χ1v) is 10.6. The van der Waals surface area contributed by atoms with Gasteiger partial charge in [-0.15, -0.1) is 11.8 Å². The third-order valence-electron chi connectivity index (χ3n) is 4.57. The number of thioether (sulfide) groups is 1. The first kappa shape index (κ1) is 23.2. The Kier molecular flexibility index (Phi) is 7.42. The van der Waals surface area contributed by atoms with Gasteiger partial charge in [-0.1, -0.05) is 12.1 Å². The minimum absolute atomic E-state index is 0.129. The van der Waals surface area contributed by atoms with Crippen molar-refractivity contribution in [3.63, 3.8) is 0 Å². The fourth-order valence-corrected chi connectivity index (χ4v) is 3.90. The molecule has 0 radical (unpaired) electrons. The zero-order chi connectivity index (χ0) is 23.3.